The number of piperidine rings is 1. The normalized spacial score (nSPS) is 20.3. The zero-order valence-corrected chi connectivity index (χ0v) is 16.7. The number of nitrogens with zero attached hydrogens (tertiary/aromatic N) is 3. The Morgan fingerprint density at radius 3 is 2.75 bits per heavy atom. The topological polar surface area (TPSA) is 72.0 Å². The number of hydrogen-bond donors (Lipinski definition) is 2. The molecule has 2 aromatic rings. The molecule has 2 aliphatic heterocycles. The van der Waals surface area contributed by atoms with Crippen molar-refractivity contribution in [2.75, 3.05) is 46.4 Å². The van der Waals surface area contributed by atoms with Crippen LogP contribution >= 0.6 is 0 Å². The largest absolute Gasteiger partial charge is 0.490 e. The SMILES string of the molecule is Cc1cc2c(OCC(O)CN3CCC(N4CCN(C)C4=O)CC3)cccc2[nH]1. The quantitative estimate of drug-likeness (QED) is 0.797. The number of aromatic nitrogens is 1. The number of ether oxygens (including phenoxy) is 1. The van der Waals surface area contributed by atoms with Crippen molar-refractivity contribution in [2.45, 2.75) is 31.9 Å². The fraction of sp³-hybridized carbons (Fsp3) is 0.571. The third kappa shape index (κ3) is 3.95. The van der Waals surface area contributed by atoms with Crippen LogP contribution in [0.15, 0.2) is 24.3 Å². The van der Waals surface area contributed by atoms with Crippen LogP contribution in [0.25, 0.3) is 10.9 Å². The molecule has 1 atom stereocenters. The molecule has 0 radical (unpaired) electrons. The van der Waals surface area contributed by atoms with E-state index in [1.807, 2.05) is 37.1 Å². The first-order valence-corrected chi connectivity index (χ1v) is 10.1. The molecule has 0 aliphatic carbocycles. The van der Waals surface area contributed by atoms with E-state index in [-0.39, 0.29) is 12.6 Å². The molecule has 152 valence electrons. The van der Waals surface area contributed by atoms with Gasteiger partial charge in [-0.05, 0) is 38.0 Å². The van der Waals surface area contributed by atoms with Gasteiger partial charge in [0.15, 0.2) is 0 Å². The molecule has 4 rings (SSSR count). The van der Waals surface area contributed by atoms with Crippen molar-refractivity contribution in [1.29, 1.82) is 0 Å². The Morgan fingerprint density at radius 1 is 1.25 bits per heavy atom. The van der Waals surface area contributed by atoms with Crippen molar-refractivity contribution in [1.82, 2.24) is 19.7 Å². The molecule has 0 bridgehead atoms. The standard InChI is InChI=1S/C21H30N4O3/c1-15-12-18-19(22-15)4-3-5-20(18)28-14-17(26)13-24-8-6-16(7-9-24)25-11-10-23(2)21(25)27/h3-5,12,16-17,22,26H,6-11,13-14H2,1-2H3. The van der Waals surface area contributed by atoms with E-state index < -0.39 is 6.10 Å². The number of aliphatic hydroxyl groups is 1. The number of benzene rings is 1. The molecule has 7 heteroatoms. The third-order valence-electron chi connectivity index (χ3n) is 5.91. The van der Waals surface area contributed by atoms with Gasteiger partial charge in [0.2, 0.25) is 0 Å². The highest BCUT2D eigenvalue weighted by atomic mass is 16.5. The van der Waals surface area contributed by atoms with Crippen LogP contribution in [0.1, 0.15) is 18.5 Å². The number of carbonyl (C=O) groups is 1. The number of rotatable bonds is 6. The molecule has 1 unspecified atom stereocenters. The number of aliphatic hydroxyl groups excluding tert-OH is 1. The van der Waals surface area contributed by atoms with Crippen molar-refractivity contribution in [3.63, 3.8) is 0 Å². The summed E-state index contributed by atoms with van der Waals surface area (Å²) in [6.07, 6.45) is 1.40. The summed E-state index contributed by atoms with van der Waals surface area (Å²) in [5, 5.41) is 11.5. The molecule has 2 N–H and O–H groups in total. The van der Waals surface area contributed by atoms with Crippen LogP contribution in [-0.4, -0.2) is 89.3 Å². The second-order valence-electron chi connectivity index (χ2n) is 8.06. The van der Waals surface area contributed by atoms with Gasteiger partial charge < -0.3 is 29.5 Å². The minimum atomic E-state index is -0.536. The number of aromatic amines is 1. The predicted octanol–water partition coefficient (Wildman–Crippen LogP) is 2.05. The number of urea groups is 1. The second-order valence-corrected chi connectivity index (χ2v) is 8.06. The Morgan fingerprint density at radius 2 is 2.04 bits per heavy atom. The predicted molar refractivity (Wildman–Crippen MR) is 109 cm³/mol. The van der Waals surface area contributed by atoms with Gasteiger partial charge in [0.05, 0.1) is 0 Å². The number of likely N-dealkylation sites (tertiary alicyclic amines) is 1. The Labute approximate surface area is 165 Å². The first-order valence-electron chi connectivity index (χ1n) is 10.1. The monoisotopic (exact) mass is 386 g/mol. The van der Waals surface area contributed by atoms with E-state index in [9.17, 15) is 9.90 Å². The summed E-state index contributed by atoms with van der Waals surface area (Å²) in [6, 6.07) is 8.48. The summed E-state index contributed by atoms with van der Waals surface area (Å²) in [6.45, 7) is 6.37. The lowest BCUT2D eigenvalue weighted by atomic mass is 10.0. The van der Waals surface area contributed by atoms with Crippen LogP contribution in [0.2, 0.25) is 0 Å². The lowest BCUT2D eigenvalue weighted by molar-refractivity contribution is 0.0509. The summed E-state index contributed by atoms with van der Waals surface area (Å²) in [5.74, 6) is 0.802. The first-order chi connectivity index (χ1) is 13.5. The molecule has 28 heavy (non-hydrogen) atoms. The molecule has 7 nitrogen and oxygen atoms in total. The smallest absolute Gasteiger partial charge is 0.320 e. The van der Waals surface area contributed by atoms with Crippen LogP contribution in [-0.2, 0) is 0 Å². The van der Waals surface area contributed by atoms with E-state index in [2.05, 4.69) is 16.0 Å². The summed E-state index contributed by atoms with van der Waals surface area (Å²) in [5.41, 5.74) is 2.14. The van der Waals surface area contributed by atoms with E-state index in [1.165, 1.54) is 0 Å². The highest BCUT2D eigenvalue weighted by Gasteiger charge is 2.33. The van der Waals surface area contributed by atoms with Crippen molar-refractivity contribution in [3.8, 4) is 5.75 Å². The number of hydrogen-bond acceptors (Lipinski definition) is 4. The Hall–Kier alpha value is -2.25. The highest BCUT2D eigenvalue weighted by Crippen LogP contribution is 2.26. The van der Waals surface area contributed by atoms with Gasteiger partial charge in [-0.2, -0.15) is 0 Å². The van der Waals surface area contributed by atoms with E-state index in [4.69, 9.17) is 4.74 Å². The van der Waals surface area contributed by atoms with Crippen molar-refractivity contribution < 1.29 is 14.6 Å². The van der Waals surface area contributed by atoms with E-state index in [1.54, 1.807) is 4.90 Å². The maximum absolute atomic E-state index is 12.2. The third-order valence-corrected chi connectivity index (χ3v) is 5.91. The molecule has 1 aromatic heterocycles. The minimum Gasteiger partial charge on any atom is -0.490 e. The lowest BCUT2D eigenvalue weighted by Gasteiger charge is -2.37. The molecule has 2 saturated heterocycles. The zero-order chi connectivity index (χ0) is 19.7. The van der Waals surface area contributed by atoms with Gasteiger partial charge in [-0.1, -0.05) is 6.07 Å². The first kappa shape index (κ1) is 19.1. The van der Waals surface area contributed by atoms with Gasteiger partial charge in [-0.3, -0.25) is 0 Å². The summed E-state index contributed by atoms with van der Waals surface area (Å²) >= 11 is 0. The van der Waals surface area contributed by atoms with Crippen LogP contribution in [0, 0.1) is 6.92 Å². The van der Waals surface area contributed by atoms with Crippen LogP contribution in [0.5, 0.6) is 5.75 Å². The molecule has 2 fully saturated rings. The van der Waals surface area contributed by atoms with Gasteiger partial charge in [-0.15, -0.1) is 0 Å². The summed E-state index contributed by atoms with van der Waals surface area (Å²) in [7, 11) is 1.86. The number of H-pyrrole nitrogens is 1. The van der Waals surface area contributed by atoms with Crippen LogP contribution in [0.4, 0.5) is 4.79 Å². The van der Waals surface area contributed by atoms with Gasteiger partial charge in [0, 0.05) is 62.4 Å². The van der Waals surface area contributed by atoms with Crippen molar-refractivity contribution in [3.05, 3.63) is 30.0 Å². The minimum absolute atomic E-state index is 0.154. The Balaban J connectivity index is 1.25. The number of likely N-dealkylation sites (N-methyl/N-ethyl adjacent to an activating group) is 1. The lowest BCUT2D eigenvalue weighted by Crippen LogP contribution is -2.48. The van der Waals surface area contributed by atoms with Crippen LogP contribution in [0.3, 0.4) is 0 Å². The van der Waals surface area contributed by atoms with Gasteiger partial charge in [0.25, 0.3) is 0 Å². The summed E-state index contributed by atoms with van der Waals surface area (Å²) in [4.78, 5) is 21.5. The van der Waals surface area contributed by atoms with Crippen molar-refractivity contribution >= 4 is 16.9 Å². The number of aryl methyl sites for hydroxylation is 1. The number of carbonyl (C=O) groups excluding carboxylic acids is 1. The van der Waals surface area contributed by atoms with Crippen molar-refractivity contribution in [2.24, 2.45) is 0 Å². The van der Waals surface area contributed by atoms with Gasteiger partial charge in [-0.25, -0.2) is 4.79 Å². The zero-order valence-electron chi connectivity index (χ0n) is 16.7. The number of β-amino-alcohol motifs (C(OH)–C–C–N with tert-alkyl or cyclic N) is 1. The van der Waals surface area contributed by atoms with E-state index >= 15 is 0 Å². The fourth-order valence-electron chi connectivity index (χ4n) is 4.35. The van der Waals surface area contributed by atoms with E-state index in [0.29, 0.717) is 12.6 Å². The highest BCUT2D eigenvalue weighted by molar-refractivity contribution is 5.86. The van der Waals surface area contributed by atoms with Crippen LogP contribution < -0.4 is 4.74 Å². The molecule has 3 heterocycles. The Bertz CT molecular complexity index is 828. The average molecular weight is 386 g/mol. The molecule has 2 amide bonds. The van der Waals surface area contributed by atoms with Gasteiger partial charge in [0.1, 0.15) is 18.5 Å². The molecular formula is C21H30N4O3. The molecule has 0 spiro atoms. The molecule has 2 aliphatic rings. The van der Waals surface area contributed by atoms with E-state index in [0.717, 1.165) is 61.4 Å². The maximum atomic E-state index is 12.2. The average Bonchev–Trinajstić information content (AvgIpc) is 3.23. The Kier molecular flexibility index (Phi) is 5.46. The van der Waals surface area contributed by atoms with Gasteiger partial charge >= 0.3 is 6.03 Å². The number of nitrogens with one attached hydrogen (secondary N) is 1. The fourth-order valence-corrected chi connectivity index (χ4v) is 4.35. The second kappa shape index (κ2) is 8.01. The number of amides is 2. The molecular weight excluding hydrogens is 356 g/mol. The summed E-state index contributed by atoms with van der Waals surface area (Å²) < 4.78 is 5.91. The molecule has 0 saturated carbocycles. The maximum Gasteiger partial charge on any atom is 0.320 e. The molecule has 1 aromatic carbocycles. The number of fused-ring (bicyclic) bond motifs is 1.